The molecule has 0 spiro atoms. The van der Waals surface area contributed by atoms with Crippen LogP contribution in [0.5, 0.6) is 0 Å². The van der Waals surface area contributed by atoms with Crippen molar-refractivity contribution in [3.8, 4) is 11.1 Å². The van der Waals surface area contributed by atoms with E-state index < -0.39 is 30.6 Å². The molecule has 1 aliphatic carbocycles. The topological polar surface area (TPSA) is 131 Å². The lowest BCUT2D eigenvalue weighted by Crippen LogP contribution is -2.42. The lowest BCUT2D eigenvalue weighted by molar-refractivity contribution is -0.138. The van der Waals surface area contributed by atoms with Gasteiger partial charge in [-0.25, -0.2) is 4.79 Å². The van der Waals surface area contributed by atoms with Gasteiger partial charge in [0.2, 0.25) is 5.91 Å². The number of benzene rings is 2. The molecule has 31 heavy (non-hydrogen) atoms. The van der Waals surface area contributed by atoms with Crippen molar-refractivity contribution >= 4 is 18.0 Å². The summed E-state index contributed by atoms with van der Waals surface area (Å²) in [5.74, 6) is -1.60. The fourth-order valence-corrected chi connectivity index (χ4v) is 3.75. The van der Waals surface area contributed by atoms with E-state index in [2.05, 4.69) is 34.9 Å². The van der Waals surface area contributed by atoms with E-state index in [4.69, 9.17) is 15.6 Å². The molecule has 0 aromatic heterocycles. The second-order valence-corrected chi connectivity index (χ2v) is 7.47. The molecule has 164 valence electrons. The van der Waals surface area contributed by atoms with E-state index in [-0.39, 0.29) is 12.5 Å². The fraction of sp³-hybridized carbons (Fsp3) is 0.348. The van der Waals surface area contributed by atoms with E-state index in [0.717, 1.165) is 11.1 Å². The number of alkyl carbamates (subject to hydrolysis) is 1. The lowest BCUT2D eigenvalue weighted by atomic mass is 9.98. The summed E-state index contributed by atoms with van der Waals surface area (Å²) in [7, 11) is 0. The molecule has 2 aromatic rings. The first kappa shape index (κ1) is 22.3. The Kier molecular flexibility index (Phi) is 7.61. The van der Waals surface area contributed by atoms with Crippen molar-refractivity contribution in [3.05, 3.63) is 59.7 Å². The Morgan fingerprint density at radius 2 is 1.58 bits per heavy atom. The fourth-order valence-electron chi connectivity index (χ4n) is 3.75. The minimum Gasteiger partial charge on any atom is -0.480 e. The third-order valence-electron chi connectivity index (χ3n) is 5.31. The Bertz CT molecular complexity index is 901. The van der Waals surface area contributed by atoms with Crippen LogP contribution in [0, 0.1) is 0 Å². The van der Waals surface area contributed by atoms with E-state index in [1.807, 2.05) is 24.3 Å². The van der Waals surface area contributed by atoms with Crippen molar-refractivity contribution in [2.75, 3.05) is 19.7 Å². The van der Waals surface area contributed by atoms with Crippen molar-refractivity contribution in [2.24, 2.45) is 5.73 Å². The van der Waals surface area contributed by atoms with Crippen LogP contribution in [0.3, 0.4) is 0 Å². The maximum absolute atomic E-state index is 12.1. The zero-order chi connectivity index (χ0) is 22.2. The maximum atomic E-state index is 12.1. The molecule has 5 N–H and O–H groups in total. The molecule has 8 heteroatoms. The highest BCUT2D eigenvalue weighted by molar-refractivity contribution is 5.85. The van der Waals surface area contributed by atoms with Gasteiger partial charge in [0.25, 0.3) is 0 Å². The number of nitrogens with two attached hydrogens (primary N) is 1. The van der Waals surface area contributed by atoms with Crippen LogP contribution < -0.4 is 16.4 Å². The Morgan fingerprint density at radius 1 is 0.968 bits per heavy atom. The van der Waals surface area contributed by atoms with Gasteiger partial charge in [-0.1, -0.05) is 48.5 Å². The van der Waals surface area contributed by atoms with Crippen LogP contribution in [-0.2, 0) is 14.3 Å². The molecule has 1 aliphatic rings. The SMILES string of the molecule is NC(CCCCNC(=O)OCC1c2ccccc2-c2ccccc21)C(=O)NCC(=O)O. The molecule has 1 atom stereocenters. The summed E-state index contributed by atoms with van der Waals surface area (Å²) in [6.45, 7) is 0.213. The Balaban J connectivity index is 1.38. The predicted octanol–water partition coefficient (Wildman–Crippen LogP) is 2.22. The number of amides is 2. The van der Waals surface area contributed by atoms with Gasteiger partial charge in [0.1, 0.15) is 13.2 Å². The van der Waals surface area contributed by atoms with Gasteiger partial charge in [-0.3, -0.25) is 9.59 Å². The summed E-state index contributed by atoms with van der Waals surface area (Å²) in [5.41, 5.74) is 10.4. The zero-order valence-corrected chi connectivity index (χ0v) is 17.2. The average Bonchev–Trinajstić information content (AvgIpc) is 3.09. The number of carboxylic acid groups (broad SMARTS) is 1. The molecule has 3 rings (SSSR count). The van der Waals surface area contributed by atoms with Crippen LogP contribution in [0.2, 0.25) is 0 Å². The van der Waals surface area contributed by atoms with E-state index in [0.29, 0.717) is 25.8 Å². The number of unbranched alkanes of at least 4 members (excludes halogenated alkanes) is 1. The monoisotopic (exact) mass is 425 g/mol. The molecule has 2 aromatic carbocycles. The van der Waals surface area contributed by atoms with Crippen LogP contribution in [0.15, 0.2) is 48.5 Å². The van der Waals surface area contributed by atoms with Crippen LogP contribution >= 0.6 is 0 Å². The third kappa shape index (κ3) is 5.82. The summed E-state index contributed by atoms with van der Waals surface area (Å²) < 4.78 is 5.47. The van der Waals surface area contributed by atoms with Gasteiger partial charge < -0.3 is 26.2 Å². The predicted molar refractivity (Wildman–Crippen MR) is 116 cm³/mol. The quantitative estimate of drug-likeness (QED) is 0.432. The summed E-state index contributed by atoms with van der Waals surface area (Å²) in [6, 6.07) is 15.5. The lowest BCUT2D eigenvalue weighted by Gasteiger charge is -2.15. The summed E-state index contributed by atoms with van der Waals surface area (Å²) in [5, 5.41) is 13.5. The van der Waals surface area contributed by atoms with Crippen molar-refractivity contribution in [2.45, 2.75) is 31.2 Å². The first-order valence-electron chi connectivity index (χ1n) is 10.3. The number of carbonyl (C=O) groups is 3. The Morgan fingerprint density at radius 3 is 2.19 bits per heavy atom. The van der Waals surface area contributed by atoms with Gasteiger partial charge in [-0.2, -0.15) is 0 Å². The number of nitrogens with one attached hydrogen (secondary N) is 2. The van der Waals surface area contributed by atoms with Crippen molar-refractivity contribution < 1.29 is 24.2 Å². The van der Waals surface area contributed by atoms with Gasteiger partial charge in [-0.05, 0) is 41.5 Å². The molecule has 8 nitrogen and oxygen atoms in total. The Labute approximate surface area is 180 Å². The molecule has 0 saturated heterocycles. The minimum absolute atomic E-state index is 0.0143. The molecule has 0 saturated carbocycles. The summed E-state index contributed by atoms with van der Waals surface area (Å²) in [4.78, 5) is 34.2. The Hall–Kier alpha value is -3.39. The summed E-state index contributed by atoms with van der Waals surface area (Å²) >= 11 is 0. The number of hydrogen-bond acceptors (Lipinski definition) is 5. The summed E-state index contributed by atoms with van der Waals surface area (Å²) in [6.07, 6.45) is 1.16. The molecule has 0 heterocycles. The van der Waals surface area contributed by atoms with E-state index in [1.165, 1.54) is 11.1 Å². The van der Waals surface area contributed by atoms with Crippen molar-refractivity contribution in [3.63, 3.8) is 0 Å². The molecule has 2 amide bonds. The smallest absolute Gasteiger partial charge is 0.407 e. The molecule has 0 radical (unpaired) electrons. The molecular weight excluding hydrogens is 398 g/mol. The van der Waals surface area contributed by atoms with Crippen LogP contribution in [0.25, 0.3) is 11.1 Å². The normalized spacial score (nSPS) is 13.1. The largest absolute Gasteiger partial charge is 0.480 e. The highest BCUT2D eigenvalue weighted by Crippen LogP contribution is 2.44. The zero-order valence-electron chi connectivity index (χ0n) is 17.2. The van der Waals surface area contributed by atoms with E-state index in [1.54, 1.807) is 0 Å². The number of carbonyl (C=O) groups excluding carboxylic acids is 2. The highest BCUT2D eigenvalue weighted by Gasteiger charge is 2.28. The number of aliphatic carboxylic acids is 1. The van der Waals surface area contributed by atoms with Gasteiger partial charge >= 0.3 is 12.1 Å². The van der Waals surface area contributed by atoms with Gasteiger partial charge in [0.15, 0.2) is 0 Å². The third-order valence-corrected chi connectivity index (χ3v) is 5.31. The molecule has 1 unspecified atom stereocenters. The number of fused-ring (bicyclic) bond motifs is 3. The van der Waals surface area contributed by atoms with Crippen molar-refractivity contribution in [1.29, 1.82) is 0 Å². The maximum Gasteiger partial charge on any atom is 0.407 e. The van der Waals surface area contributed by atoms with Gasteiger partial charge in [0, 0.05) is 12.5 Å². The van der Waals surface area contributed by atoms with Crippen LogP contribution in [0.4, 0.5) is 4.79 Å². The number of rotatable bonds is 10. The standard InChI is InChI=1S/C23H27N3O5/c24-20(22(29)26-13-21(27)28)11-5-6-12-25-23(30)31-14-19-17-9-3-1-7-15(17)16-8-2-4-10-18(16)19/h1-4,7-10,19-20H,5-6,11-14,24H2,(H,25,30)(H,26,29)(H,27,28). The average molecular weight is 425 g/mol. The molecule has 0 bridgehead atoms. The van der Waals surface area contributed by atoms with Crippen LogP contribution in [-0.4, -0.2) is 48.8 Å². The van der Waals surface area contributed by atoms with Crippen LogP contribution in [0.1, 0.15) is 36.3 Å². The first-order valence-corrected chi connectivity index (χ1v) is 10.3. The second kappa shape index (κ2) is 10.6. The minimum atomic E-state index is -1.12. The second-order valence-electron chi connectivity index (χ2n) is 7.47. The molecule has 0 fully saturated rings. The van der Waals surface area contributed by atoms with Crippen molar-refractivity contribution in [1.82, 2.24) is 10.6 Å². The van der Waals surface area contributed by atoms with E-state index >= 15 is 0 Å². The number of ether oxygens (including phenoxy) is 1. The first-order chi connectivity index (χ1) is 15.0. The number of carboxylic acids is 1. The van der Waals surface area contributed by atoms with Gasteiger partial charge in [0.05, 0.1) is 6.04 Å². The molecule has 0 aliphatic heterocycles. The highest BCUT2D eigenvalue weighted by atomic mass is 16.5. The molecular formula is C23H27N3O5. The van der Waals surface area contributed by atoms with E-state index in [9.17, 15) is 14.4 Å². The van der Waals surface area contributed by atoms with Gasteiger partial charge in [-0.15, -0.1) is 0 Å². The number of hydrogen-bond donors (Lipinski definition) is 4.